The van der Waals surface area contributed by atoms with Gasteiger partial charge in [-0.15, -0.1) is 0 Å². The van der Waals surface area contributed by atoms with E-state index in [2.05, 4.69) is 0 Å². The van der Waals surface area contributed by atoms with Crippen LogP contribution in [-0.4, -0.2) is 5.11 Å². The molecule has 0 bridgehead atoms. The van der Waals surface area contributed by atoms with E-state index in [-0.39, 0.29) is 18.0 Å². The SMILES string of the molecule is NC1(c2ccc(F)cc2CO)CC1. The van der Waals surface area contributed by atoms with Gasteiger partial charge in [0, 0.05) is 5.54 Å². The van der Waals surface area contributed by atoms with Gasteiger partial charge in [-0.05, 0) is 36.1 Å². The topological polar surface area (TPSA) is 46.2 Å². The van der Waals surface area contributed by atoms with Crippen molar-refractivity contribution in [2.45, 2.75) is 25.0 Å². The fraction of sp³-hybridized carbons (Fsp3) is 0.400. The second-order valence-corrected chi connectivity index (χ2v) is 3.62. The molecular formula is C10H12FNO. The third kappa shape index (κ3) is 1.45. The maximum atomic E-state index is 12.8. The lowest BCUT2D eigenvalue weighted by atomic mass is 9.99. The Hall–Kier alpha value is -0.930. The molecule has 3 N–H and O–H groups in total. The minimum absolute atomic E-state index is 0.147. The van der Waals surface area contributed by atoms with Crippen LogP contribution in [-0.2, 0) is 12.1 Å². The highest BCUT2D eigenvalue weighted by atomic mass is 19.1. The molecule has 0 amide bonds. The van der Waals surface area contributed by atoms with Crippen molar-refractivity contribution in [3.63, 3.8) is 0 Å². The van der Waals surface area contributed by atoms with Crippen LogP contribution in [0.5, 0.6) is 0 Å². The van der Waals surface area contributed by atoms with Crippen molar-refractivity contribution in [1.82, 2.24) is 0 Å². The van der Waals surface area contributed by atoms with E-state index in [0.717, 1.165) is 18.4 Å². The van der Waals surface area contributed by atoms with Crippen LogP contribution in [0.3, 0.4) is 0 Å². The molecule has 3 heteroatoms. The Morgan fingerprint density at radius 3 is 2.69 bits per heavy atom. The van der Waals surface area contributed by atoms with Gasteiger partial charge < -0.3 is 10.8 Å². The molecule has 0 heterocycles. The van der Waals surface area contributed by atoms with Gasteiger partial charge in [0.15, 0.2) is 0 Å². The van der Waals surface area contributed by atoms with Crippen LogP contribution in [0.15, 0.2) is 18.2 Å². The molecule has 1 aliphatic rings. The van der Waals surface area contributed by atoms with Crippen LogP contribution in [0.25, 0.3) is 0 Å². The molecule has 0 radical (unpaired) electrons. The summed E-state index contributed by atoms with van der Waals surface area (Å²) in [4.78, 5) is 0. The molecule has 0 atom stereocenters. The highest BCUT2D eigenvalue weighted by molar-refractivity contribution is 5.37. The Morgan fingerprint density at radius 1 is 1.46 bits per heavy atom. The largest absolute Gasteiger partial charge is 0.392 e. The Balaban J connectivity index is 2.45. The van der Waals surface area contributed by atoms with E-state index in [4.69, 9.17) is 10.8 Å². The van der Waals surface area contributed by atoms with Gasteiger partial charge in [-0.2, -0.15) is 0 Å². The van der Waals surface area contributed by atoms with E-state index < -0.39 is 0 Å². The first-order valence-corrected chi connectivity index (χ1v) is 4.34. The highest BCUT2D eigenvalue weighted by Gasteiger charge is 2.41. The van der Waals surface area contributed by atoms with Crippen LogP contribution in [0.2, 0.25) is 0 Å². The fourth-order valence-corrected chi connectivity index (χ4v) is 1.58. The Kier molecular flexibility index (Phi) is 1.86. The lowest BCUT2D eigenvalue weighted by molar-refractivity contribution is 0.279. The molecule has 0 aliphatic heterocycles. The van der Waals surface area contributed by atoms with Gasteiger partial charge in [-0.25, -0.2) is 4.39 Å². The number of benzene rings is 1. The second-order valence-electron chi connectivity index (χ2n) is 3.62. The van der Waals surface area contributed by atoms with Gasteiger partial charge in [0.25, 0.3) is 0 Å². The average molecular weight is 181 g/mol. The van der Waals surface area contributed by atoms with Crippen molar-refractivity contribution in [2.24, 2.45) is 5.73 Å². The van der Waals surface area contributed by atoms with Crippen molar-refractivity contribution >= 4 is 0 Å². The monoisotopic (exact) mass is 181 g/mol. The highest BCUT2D eigenvalue weighted by Crippen LogP contribution is 2.44. The maximum Gasteiger partial charge on any atom is 0.123 e. The number of rotatable bonds is 2. The number of halogens is 1. The second kappa shape index (κ2) is 2.79. The number of hydrogen-bond donors (Lipinski definition) is 2. The predicted octanol–water partition coefficient (Wildman–Crippen LogP) is 1.27. The summed E-state index contributed by atoms with van der Waals surface area (Å²) in [6.07, 6.45) is 1.84. The molecule has 1 aliphatic carbocycles. The van der Waals surface area contributed by atoms with Crippen molar-refractivity contribution in [3.8, 4) is 0 Å². The van der Waals surface area contributed by atoms with Crippen LogP contribution in [0.4, 0.5) is 4.39 Å². The van der Waals surface area contributed by atoms with Crippen molar-refractivity contribution in [3.05, 3.63) is 35.1 Å². The van der Waals surface area contributed by atoms with Crippen molar-refractivity contribution in [2.75, 3.05) is 0 Å². The molecule has 0 aromatic heterocycles. The van der Waals surface area contributed by atoms with E-state index >= 15 is 0 Å². The van der Waals surface area contributed by atoms with E-state index in [1.54, 1.807) is 6.07 Å². The molecule has 1 fully saturated rings. The first-order chi connectivity index (χ1) is 6.15. The van der Waals surface area contributed by atoms with Gasteiger partial charge in [0.2, 0.25) is 0 Å². The standard InChI is InChI=1S/C10H12FNO/c11-8-1-2-9(7(5-8)6-13)10(12)3-4-10/h1-2,5,13H,3-4,6,12H2. The summed E-state index contributed by atoms with van der Waals surface area (Å²) >= 11 is 0. The van der Waals surface area contributed by atoms with Crippen LogP contribution >= 0.6 is 0 Å². The zero-order valence-corrected chi connectivity index (χ0v) is 7.26. The third-order valence-electron chi connectivity index (χ3n) is 2.56. The summed E-state index contributed by atoms with van der Waals surface area (Å²) < 4.78 is 12.8. The third-order valence-corrected chi connectivity index (χ3v) is 2.56. The number of aliphatic hydroxyl groups excluding tert-OH is 1. The smallest absolute Gasteiger partial charge is 0.123 e. The zero-order valence-electron chi connectivity index (χ0n) is 7.26. The van der Waals surface area contributed by atoms with Crippen molar-refractivity contribution in [1.29, 1.82) is 0 Å². The summed E-state index contributed by atoms with van der Waals surface area (Å²) in [6, 6.07) is 4.41. The van der Waals surface area contributed by atoms with Gasteiger partial charge in [0.05, 0.1) is 6.61 Å². The molecule has 0 saturated heterocycles. The van der Waals surface area contributed by atoms with Crippen LogP contribution < -0.4 is 5.73 Å². The number of nitrogens with two attached hydrogens (primary N) is 1. The maximum absolute atomic E-state index is 12.8. The van der Waals surface area contributed by atoms with E-state index in [1.807, 2.05) is 0 Å². The quantitative estimate of drug-likeness (QED) is 0.721. The average Bonchev–Trinajstić information content (AvgIpc) is 2.84. The molecule has 1 aromatic carbocycles. The fourth-order valence-electron chi connectivity index (χ4n) is 1.58. The van der Waals surface area contributed by atoms with Crippen LogP contribution in [0.1, 0.15) is 24.0 Å². The van der Waals surface area contributed by atoms with Gasteiger partial charge in [-0.3, -0.25) is 0 Å². The summed E-state index contributed by atoms with van der Waals surface area (Å²) in [5, 5.41) is 9.01. The first kappa shape index (κ1) is 8.66. The Labute approximate surface area is 76.2 Å². The normalized spacial score (nSPS) is 18.7. The molecular weight excluding hydrogens is 169 g/mol. The molecule has 70 valence electrons. The summed E-state index contributed by atoms with van der Waals surface area (Å²) in [5.41, 5.74) is 7.16. The van der Waals surface area contributed by atoms with Crippen molar-refractivity contribution < 1.29 is 9.50 Å². The summed E-state index contributed by atoms with van der Waals surface area (Å²) in [5.74, 6) is -0.322. The Morgan fingerprint density at radius 2 is 2.15 bits per heavy atom. The van der Waals surface area contributed by atoms with Gasteiger partial charge in [0.1, 0.15) is 5.82 Å². The zero-order chi connectivity index (χ0) is 9.47. The first-order valence-electron chi connectivity index (χ1n) is 4.34. The minimum atomic E-state index is -0.322. The Bertz CT molecular complexity index is 334. The van der Waals surface area contributed by atoms with E-state index in [0.29, 0.717) is 5.56 Å². The van der Waals surface area contributed by atoms with Gasteiger partial charge >= 0.3 is 0 Å². The summed E-state index contributed by atoms with van der Waals surface area (Å²) in [6.45, 7) is -0.147. The van der Waals surface area contributed by atoms with Gasteiger partial charge in [-0.1, -0.05) is 6.07 Å². The lowest BCUT2D eigenvalue weighted by Crippen LogP contribution is -2.20. The molecule has 2 rings (SSSR count). The number of hydrogen-bond acceptors (Lipinski definition) is 2. The lowest BCUT2D eigenvalue weighted by Gasteiger charge is -2.13. The molecule has 0 unspecified atom stereocenters. The predicted molar refractivity (Wildman–Crippen MR) is 47.4 cm³/mol. The van der Waals surface area contributed by atoms with E-state index in [1.165, 1.54) is 12.1 Å². The molecule has 1 saturated carbocycles. The summed E-state index contributed by atoms with van der Waals surface area (Å²) in [7, 11) is 0. The minimum Gasteiger partial charge on any atom is -0.392 e. The molecule has 1 aromatic rings. The molecule has 2 nitrogen and oxygen atoms in total. The number of aliphatic hydroxyl groups is 1. The molecule has 13 heavy (non-hydrogen) atoms. The molecule has 0 spiro atoms. The van der Waals surface area contributed by atoms with Crippen LogP contribution in [0, 0.1) is 5.82 Å². The van der Waals surface area contributed by atoms with E-state index in [9.17, 15) is 4.39 Å².